The second-order valence-corrected chi connectivity index (χ2v) is 10.1. The van der Waals surface area contributed by atoms with Crippen molar-refractivity contribution in [2.24, 2.45) is 0 Å². The molecule has 1 fully saturated rings. The number of fused-ring (bicyclic) bond motifs is 7. The van der Waals surface area contributed by atoms with Gasteiger partial charge in [0.1, 0.15) is 10.5 Å². The van der Waals surface area contributed by atoms with Crippen LogP contribution in [0.1, 0.15) is 45.1 Å². The van der Waals surface area contributed by atoms with Crippen LogP contribution in [-0.2, 0) is 19.9 Å². The molecule has 3 aliphatic rings. The largest absolute Gasteiger partial charge is 0.496 e. The van der Waals surface area contributed by atoms with Gasteiger partial charge in [-0.1, -0.05) is 24.6 Å². The van der Waals surface area contributed by atoms with Crippen LogP contribution in [0.2, 0.25) is 0 Å². The Balaban J connectivity index is 1.95. The summed E-state index contributed by atoms with van der Waals surface area (Å²) in [5, 5.41) is 11.8. The zero-order valence-electron chi connectivity index (χ0n) is 15.4. The Morgan fingerprint density at radius 2 is 1.96 bits per heavy atom. The van der Waals surface area contributed by atoms with E-state index in [-0.39, 0.29) is 11.0 Å². The first kappa shape index (κ1) is 19.3. The van der Waals surface area contributed by atoms with E-state index in [9.17, 15) is 14.7 Å². The van der Waals surface area contributed by atoms with Gasteiger partial charge in [-0.2, -0.15) is 0 Å². The van der Waals surface area contributed by atoms with Gasteiger partial charge in [-0.05, 0) is 67.5 Å². The van der Waals surface area contributed by atoms with Crippen molar-refractivity contribution in [2.75, 3.05) is 18.1 Å². The van der Waals surface area contributed by atoms with Crippen molar-refractivity contribution in [1.29, 1.82) is 0 Å². The van der Waals surface area contributed by atoms with Gasteiger partial charge in [0.15, 0.2) is 5.60 Å². The summed E-state index contributed by atoms with van der Waals surface area (Å²) in [6, 6.07) is 5.70. The molecule has 0 aliphatic carbocycles. The summed E-state index contributed by atoms with van der Waals surface area (Å²) in [5.74, 6) is 0.0826. The number of hydrogen-bond donors (Lipinski definition) is 1. The number of ether oxygens (including phenoxy) is 1. The molecule has 0 spiro atoms. The Bertz CT molecular complexity index is 870. The third-order valence-corrected chi connectivity index (χ3v) is 7.84. The van der Waals surface area contributed by atoms with Gasteiger partial charge in [-0.15, -0.1) is 0 Å². The lowest BCUT2D eigenvalue weighted by Gasteiger charge is -2.39. The molecule has 7 heteroatoms. The van der Waals surface area contributed by atoms with E-state index in [2.05, 4.69) is 22.6 Å². The van der Waals surface area contributed by atoms with Gasteiger partial charge in [0.2, 0.25) is 5.12 Å². The maximum absolute atomic E-state index is 13.5. The number of rotatable bonds is 0. The lowest BCUT2D eigenvalue weighted by atomic mass is 9.80. The van der Waals surface area contributed by atoms with E-state index in [1.54, 1.807) is 18.7 Å². The molecule has 144 valence electrons. The van der Waals surface area contributed by atoms with Crippen LogP contribution in [0.3, 0.4) is 0 Å². The summed E-state index contributed by atoms with van der Waals surface area (Å²) < 4.78 is 5.79. The van der Waals surface area contributed by atoms with E-state index >= 15 is 0 Å². The first-order chi connectivity index (χ1) is 12.8. The molecule has 1 aromatic carbocycles. The van der Waals surface area contributed by atoms with E-state index in [0.29, 0.717) is 30.0 Å². The minimum Gasteiger partial charge on any atom is -0.496 e. The number of thioether (sulfide) groups is 1. The van der Waals surface area contributed by atoms with Crippen LogP contribution in [0, 0.1) is 3.57 Å². The molecular weight excluding hydrogens is 477 g/mol. The molecule has 4 rings (SSSR count). The van der Waals surface area contributed by atoms with Crippen LogP contribution in [0.25, 0.3) is 0 Å². The summed E-state index contributed by atoms with van der Waals surface area (Å²) in [4.78, 5) is 27.8. The van der Waals surface area contributed by atoms with E-state index in [1.807, 2.05) is 18.2 Å². The number of nitrogens with zero attached hydrogens (tertiary/aromatic N) is 1. The van der Waals surface area contributed by atoms with Crippen LogP contribution < -0.4 is 4.90 Å². The topological polar surface area (TPSA) is 66.8 Å². The Kier molecular flexibility index (Phi) is 4.83. The molecule has 3 heterocycles. The quantitative estimate of drug-likeness (QED) is 0.552. The highest BCUT2D eigenvalue weighted by Crippen LogP contribution is 2.59. The van der Waals surface area contributed by atoms with Gasteiger partial charge in [-0.25, -0.2) is 0 Å². The zero-order chi connectivity index (χ0) is 19.4. The number of amides is 1. The molecule has 0 saturated carbocycles. The number of carbonyl (C=O) groups excluding carboxylic acids is 2. The predicted molar refractivity (Wildman–Crippen MR) is 114 cm³/mol. The monoisotopic (exact) mass is 499 g/mol. The summed E-state index contributed by atoms with van der Waals surface area (Å²) in [6.07, 6.45) is 3.77. The maximum Gasteiger partial charge on any atom is 0.265 e. The second-order valence-electron chi connectivity index (χ2n) is 7.47. The molecule has 1 saturated heterocycles. The van der Waals surface area contributed by atoms with Crippen LogP contribution in [0.15, 0.2) is 29.5 Å². The molecule has 1 amide bonds. The van der Waals surface area contributed by atoms with Crippen molar-refractivity contribution >= 4 is 51.1 Å². The van der Waals surface area contributed by atoms with Gasteiger partial charge in [0.25, 0.3) is 5.91 Å². The van der Waals surface area contributed by atoms with Crippen LogP contribution in [-0.4, -0.2) is 34.0 Å². The minimum atomic E-state index is -1.84. The lowest BCUT2D eigenvalue weighted by molar-refractivity contribution is -0.139. The summed E-state index contributed by atoms with van der Waals surface area (Å²) in [6.45, 7) is 4.54. The fourth-order valence-corrected chi connectivity index (χ4v) is 6.04. The van der Waals surface area contributed by atoms with Crippen LogP contribution in [0.5, 0.6) is 0 Å². The van der Waals surface area contributed by atoms with E-state index in [0.717, 1.165) is 46.7 Å². The Morgan fingerprint density at radius 1 is 1.22 bits per heavy atom. The average molecular weight is 499 g/mol. The van der Waals surface area contributed by atoms with E-state index in [1.165, 1.54) is 0 Å². The third kappa shape index (κ3) is 2.68. The highest BCUT2D eigenvalue weighted by molar-refractivity contribution is 14.1. The summed E-state index contributed by atoms with van der Waals surface area (Å²) in [5.41, 5.74) is -0.0418. The van der Waals surface area contributed by atoms with Crippen LogP contribution >= 0.6 is 34.4 Å². The molecular formula is C20H22INO4S. The van der Waals surface area contributed by atoms with Crippen molar-refractivity contribution in [3.8, 4) is 0 Å². The SMILES string of the molecule is CC1=C2OCCCCCCN3C(=O)C(O)(c4cc(I)ccc43)C2(C)SC1=O. The smallest absolute Gasteiger partial charge is 0.265 e. The van der Waals surface area contributed by atoms with Gasteiger partial charge in [0, 0.05) is 21.3 Å². The molecule has 27 heavy (non-hydrogen) atoms. The van der Waals surface area contributed by atoms with Gasteiger partial charge >= 0.3 is 0 Å². The number of carbonyl (C=O) groups is 2. The highest BCUT2D eigenvalue weighted by atomic mass is 127. The zero-order valence-corrected chi connectivity index (χ0v) is 18.4. The number of hydrogen-bond acceptors (Lipinski definition) is 5. The lowest BCUT2D eigenvalue weighted by Crippen LogP contribution is -2.55. The van der Waals surface area contributed by atoms with Gasteiger partial charge < -0.3 is 14.7 Å². The molecule has 3 aliphatic heterocycles. The fourth-order valence-electron chi connectivity index (χ4n) is 4.28. The van der Waals surface area contributed by atoms with Gasteiger partial charge in [0.05, 0.1) is 12.3 Å². The fraction of sp³-hybridized carbons (Fsp3) is 0.500. The summed E-state index contributed by atoms with van der Waals surface area (Å²) >= 11 is 3.19. The summed E-state index contributed by atoms with van der Waals surface area (Å²) in [7, 11) is 0. The molecule has 0 radical (unpaired) electrons. The first-order valence-electron chi connectivity index (χ1n) is 9.22. The standard InChI is InChI=1S/C20H22INO4S/c1-12-16-19(2,27-17(12)23)20(25)14-11-13(21)7-8-15(14)22(18(20)24)9-5-3-4-6-10-26-16/h7-8,11,25H,3-6,9-10H2,1-2H3. The number of halogens is 1. The normalized spacial score (nSPS) is 31.2. The molecule has 1 N–H and O–H groups in total. The first-order valence-corrected chi connectivity index (χ1v) is 11.1. The second kappa shape index (κ2) is 6.77. The Hall–Kier alpha value is -1.06. The Labute approximate surface area is 176 Å². The van der Waals surface area contributed by atoms with Crippen LogP contribution in [0.4, 0.5) is 5.69 Å². The van der Waals surface area contributed by atoms with Crippen molar-refractivity contribution in [2.45, 2.75) is 49.9 Å². The molecule has 1 aromatic rings. The third-order valence-electron chi connectivity index (χ3n) is 5.78. The van der Waals surface area contributed by atoms with Crippen molar-refractivity contribution in [1.82, 2.24) is 0 Å². The van der Waals surface area contributed by atoms with Crippen molar-refractivity contribution < 1.29 is 19.4 Å². The average Bonchev–Trinajstić information content (AvgIpc) is 2.98. The number of aliphatic hydroxyl groups is 1. The van der Waals surface area contributed by atoms with Crippen molar-refractivity contribution in [3.63, 3.8) is 0 Å². The predicted octanol–water partition coefficient (Wildman–Crippen LogP) is 3.72. The van der Waals surface area contributed by atoms with Crippen molar-refractivity contribution in [3.05, 3.63) is 38.7 Å². The molecule has 2 unspecified atom stereocenters. The molecule has 0 aromatic heterocycles. The highest BCUT2D eigenvalue weighted by Gasteiger charge is 2.66. The van der Waals surface area contributed by atoms with Gasteiger partial charge in [-0.3, -0.25) is 9.59 Å². The van der Waals surface area contributed by atoms with E-state index in [4.69, 9.17) is 4.74 Å². The molecule has 2 bridgehead atoms. The number of benzene rings is 1. The molecule has 5 nitrogen and oxygen atoms in total. The maximum atomic E-state index is 13.5. The minimum absolute atomic E-state index is 0.144. The molecule has 2 atom stereocenters. The van der Waals surface area contributed by atoms with E-state index < -0.39 is 10.3 Å². The Morgan fingerprint density at radius 3 is 2.74 bits per heavy atom. The number of anilines is 1.